The number of carbonyl (C=O) groups excluding carboxylic acids is 1. The van der Waals surface area contributed by atoms with Gasteiger partial charge in [-0.2, -0.15) is 0 Å². The molecule has 2 amide bonds. The number of aliphatic carboxylic acids is 1. The zero-order valence-corrected chi connectivity index (χ0v) is 11.6. The Morgan fingerprint density at radius 2 is 2.00 bits per heavy atom. The number of amides is 2. The van der Waals surface area contributed by atoms with Crippen molar-refractivity contribution in [3.8, 4) is 0 Å². The lowest BCUT2D eigenvalue weighted by atomic mass is 9.84. The molecule has 0 aromatic carbocycles. The third-order valence-corrected chi connectivity index (χ3v) is 3.90. The lowest BCUT2D eigenvalue weighted by Crippen LogP contribution is -2.44. The number of rotatable bonds is 5. The molecule has 0 aromatic rings. The van der Waals surface area contributed by atoms with Crippen molar-refractivity contribution in [2.45, 2.75) is 40.0 Å². The first kappa shape index (κ1) is 14.8. The van der Waals surface area contributed by atoms with Crippen LogP contribution in [0.15, 0.2) is 0 Å². The minimum absolute atomic E-state index is 0.0177. The van der Waals surface area contributed by atoms with Crippen molar-refractivity contribution in [3.63, 3.8) is 0 Å². The SMILES string of the molecule is CCCN(CC)C(=O)N1CCC(CC)(C(=O)O)C1. The minimum Gasteiger partial charge on any atom is -0.481 e. The highest BCUT2D eigenvalue weighted by Gasteiger charge is 2.45. The third-order valence-electron chi connectivity index (χ3n) is 3.90. The van der Waals surface area contributed by atoms with Gasteiger partial charge in [0.25, 0.3) is 0 Å². The second-order valence-corrected chi connectivity index (χ2v) is 4.97. The fraction of sp³-hybridized carbons (Fsp3) is 0.846. The van der Waals surface area contributed by atoms with E-state index in [0.29, 0.717) is 32.5 Å². The average Bonchev–Trinajstić information content (AvgIpc) is 2.81. The molecule has 1 saturated heterocycles. The van der Waals surface area contributed by atoms with Crippen LogP contribution in [0.5, 0.6) is 0 Å². The molecule has 5 heteroatoms. The molecule has 1 rings (SSSR count). The van der Waals surface area contributed by atoms with Gasteiger partial charge >= 0.3 is 12.0 Å². The van der Waals surface area contributed by atoms with E-state index in [1.165, 1.54) is 0 Å². The third kappa shape index (κ3) is 2.76. The molecule has 104 valence electrons. The molecule has 1 aliphatic rings. The summed E-state index contributed by atoms with van der Waals surface area (Å²) in [7, 11) is 0. The molecule has 0 saturated carbocycles. The Kier molecular flexibility index (Phi) is 4.99. The van der Waals surface area contributed by atoms with E-state index in [2.05, 4.69) is 0 Å². The summed E-state index contributed by atoms with van der Waals surface area (Å²) in [6.45, 7) is 8.18. The van der Waals surface area contributed by atoms with Gasteiger partial charge in [-0.15, -0.1) is 0 Å². The van der Waals surface area contributed by atoms with E-state index in [0.717, 1.165) is 13.0 Å². The second kappa shape index (κ2) is 6.07. The molecule has 1 unspecified atom stereocenters. The van der Waals surface area contributed by atoms with Crippen molar-refractivity contribution < 1.29 is 14.7 Å². The summed E-state index contributed by atoms with van der Waals surface area (Å²) in [5, 5.41) is 9.31. The first-order chi connectivity index (χ1) is 8.50. The van der Waals surface area contributed by atoms with Crippen LogP contribution >= 0.6 is 0 Å². The number of carboxylic acids is 1. The van der Waals surface area contributed by atoms with Crippen LogP contribution in [-0.2, 0) is 4.79 Å². The Balaban J connectivity index is 2.71. The Morgan fingerprint density at radius 3 is 2.39 bits per heavy atom. The summed E-state index contributed by atoms with van der Waals surface area (Å²) >= 11 is 0. The van der Waals surface area contributed by atoms with E-state index in [1.807, 2.05) is 20.8 Å². The molecule has 1 heterocycles. The maximum Gasteiger partial charge on any atom is 0.320 e. The van der Waals surface area contributed by atoms with E-state index in [4.69, 9.17) is 0 Å². The smallest absolute Gasteiger partial charge is 0.320 e. The number of hydrogen-bond acceptors (Lipinski definition) is 2. The average molecular weight is 256 g/mol. The van der Waals surface area contributed by atoms with Crippen LogP contribution in [0.2, 0.25) is 0 Å². The van der Waals surface area contributed by atoms with Crippen molar-refractivity contribution in [2.75, 3.05) is 26.2 Å². The lowest BCUT2D eigenvalue weighted by molar-refractivity contribution is -0.148. The van der Waals surface area contributed by atoms with Gasteiger partial charge in [0.15, 0.2) is 0 Å². The van der Waals surface area contributed by atoms with Gasteiger partial charge in [0.1, 0.15) is 0 Å². The van der Waals surface area contributed by atoms with Crippen LogP contribution in [0, 0.1) is 5.41 Å². The van der Waals surface area contributed by atoms with Crippen molar-refractivity contribution in [1.82, 2.24) is 9.80 Å². The van der Waals surface area contributed by atoms with E-state index >= 15 is 0 Å². The summed E-state index contributed by atoms with van der Waals surface area (Å²) in [6.07, 6.45) is 2.06. The van der Waals surface area contributed by atoms with Gasteiger partial charge in [-0.1, -0.05) is 13.8 Å². The van der Waals surface area contributed by atoms with Gasteiger partial charge in [0, 0.05) is 26.2 Å². The molecule has 1 aliphatic heterocycles. The Labute approximate surface area is 109 Å². The molecule has 0 radical (unpaired) electrons. The van der Waals surface area contributed by atoms with Crippen molar-refractivity contribution in [3.05, 3.63) is 0 Å². The van der Waals surface area contributed by atoms with Crippen molar-refractivity contribution in [1.29, 1.82) is 0 Å². The Bertz CT molecular complexity index is 319. The summed E-state index contributed by atoms with van der Waals surface area (Å²) in [5.41, 5.74) is -0.735. The molecule has 5 nitrogen and oxygen atoms in total. The number of nitrogens with zero attached hydrogens (tertiary/aromatic N) is 2. The number of carbonyl (C=O) groups is 2. The van der Waals surface area contributed by atoms with Gasteiger partial charge in [0.2, 0.25) is 0 Å². The Morgan fingerprint density at radius 1 is 1.33 bits per heavy atom. The van der Waals surface area contributed by atoms with Crippen LogP contribution in [0.3, 0.4) is 0 Å². The maximum atomic E-state index is 12.3. The highest BCUT2D eigenvalue weighted by Crippen LogP contribution is 2.34. The fourth-order valence-electron chi connectivity index (χ4n) is 2.51. The molecular formula is C13H24N2O3. The molecule has 1 N–H and O–H groups in total. The number of likely N-dealkylation sites (tertiary alicyclic amines) is 1. The maximum absolute atomic E-state index is 12.3. The summed E-state index contributed by atoms with van der Waals surface area (Å²) in [4.78, 5) is 27.1. The molecule has 0 bridgehead atoms. The van der Waals surface area contributed by atoms with Crippen LogP contribution in [0.4, 0.5) is 4.79 Å². The molecule has 1 atom stereocenters. The van der Waals surface area contributed by atoms with Crippen LogP contribution < -0.4 is 0 Å². The van der Waals surface area contributed by atoms with Crippen molar-refractivity contribution in [2.24, 2.45) is 5.41 Å². The van der Waals surface area contributed by atoms with Gasteiger partial charge in [-0.25, -0.2) is 4.79 Å². The lowest BCUT2D eigenvalue weighted by Gasteiger charge is -2.28. The zero-order chi connectivity index (χ0) is 13.8. The van der Waals surface area contributed by atoms with E-state index in [-0.39, 0.29) is 6.03 Å². The van der Waals surface area contributed by atoms with Crippen LogP contribution in [-0.4, -0.2) is 53.1 Å². The number of carboxylic acid groups (broad SMARTS) is 1. The standard InChI is InChI=1S/C13H24N2O3/c1-4-8-14(6-3)12(18)15-9-7-13(5-2,10-15)11(16)17/h4-10H2,1-3H3,(H,16,17). The van der Waals surface area contributed by atoms with Crippen LogP contribution in [0.1, 0.15) is 40.0 Å². The summed E-state index contributed by atoms with van der Waals surface area (Å²) < 4.78 is 0. The topological polar surface area (TPSA) is 60.9 Å². The second-order valence-electron chi connectivity index (χ2n) is 4.97. The number of hydrogen-bond donors (Lipinski definition) is 1. The molecule has 0 aliphatic carbocycles. The molecule has 1 fully saturated rings. The number of urea groups is 1. The first-order valence-electron chi connectivity index (χ1n) is 6.78. The summed E-state index contributed by atoms with van der Waals surface area (Å²) in [5.74, 6) is -0.779. The molecule has 0 aromatic heterocycles. The van der Waals surface area contributed by atoms with Gasteiger partial charge in [-0.3, -0.25) is 4.79 Å². The quantitative estimate of drug-likeness (QED) is 0.818. The van der Waals surface area contributed by atoms with E-state index in [9.17, 15) is 14.7 Å². The Hall–Kier alpha value is -1.26. The van der Waals surface area contributed by atoms with Crippen molar-refractivity contribution >= 4 is 12.0 Å². The minimum atomic E-state index is -0.779. The molecule has 0 spiro atoms. The van der Waals surface area contributed by atoms with E-state index in [1.54, 1.807) is 9.80 Å². The van der Waals surface area contributed by atoms with E-state index < -0.39 is 11.4 Å². The zero-order valence-electron chi connectivity index (χ0n) is 11.6. The highest BCUT2D eigenvalue weighted by molar-refractivity contribution is 5.79. The predicted molar refractivity (Wildman–Crippen MR) is 69.5 cm³/mol. The summed E-state index contributed by atoms with van der Waals surface area (Å²) in [6, 6.07) is -0.0177. The normalized spacial score (nSPS) is 23.2. The first-order valence-corrected chi connectivity index (χ1v) is 6.78. The highest BCUT2D eigenvalue weighted by atomic mass is 16.4. The van der Waals surface area contributed by atoms with Gasteiger partial charge < -0.3 is 14.9 Å². The molecule has 18 heavy (non-hydrogen) atoms. The monoisotopic (exact) mass is 256 g/mol. The molecular weight excluding hydrogens is 232 g/mol. The van der Waals surface area contributed by atoms with Crippen LogP contribution in [0.25, 0.3) is 0 Å². The van der Waals surface area contributed by atoms with Gasteiger partial charge in [0.05, 0.1) is 5.41 Å². The fourth-order valence-corrected chi connectivity index (χ4v) is 2.51. The predicted octanol–water partition coefficient (Wildman–Crippen LogP) is 2.03. The van der Waals surface area contributed by atoms with Gasteiger partial charge in [-0.05, 0) is 26.2 Å². The largest absolute Gasteiger partial charge is 0.481 e.